The second-order valence-electron chi connectivity index (χ2n) is 8.28. The van der Waals surface area contributed by atoms with E-state index in [0.29, 0.717) is 6.04 Å². The van der Waals surface area contributed by atoms with E-state index in [9.17, 15) is 4.79 Å². The highest BCUT2D eigenvalue weighted by atomic mass is 16.5. The SMILES string of the molecule is Cc1ccc(N2CCOCC2)cc1NC(=O)C1CCCCN1C1CCCC1. The highest BCUT2D eigenvalue weighted by Crippen LogP contribution is 2.31. The summed E-state index contributed by atoms with van der Waals surface area (Å²) in [4.78, 5) is 18.0. The molecular formula is C22H33N3O2. The third-order valence-corrected chi connectivity index (χ3v) is 6.50. The first kappa shape index (κ1) is 18.8. The smallest absolute Gasteiger partial charge is 0.241 e. The molecule has 1 aromatic carbocycles. The third-order valence-electron chi connectivity index (χ3n) is 6.50. The van der Waals surface area contributed by atoms with E-state index in [1.165, 1.54) is 37.8 Å². The van der Waals surface area contributed by atoms with Crippen molar-refractivity contribution in [1.29, 1.82) is 0 Å². The van der Waals surface area contributed by atoms with Gasteiger partial charge in [0.2, 0.25) is 5.91 Å². The summed E-state index contributed by atoms with van der Waals surface area (Å²) in [7, 11) is 0. The first-order valence-corrected chi connectivity index (χ1v) is 10.7. The maximum absolute atomic E-state index is 13.2. The minimum absolute atomic E-state index is 0.0355. The third kappa shape index (κ3) is 4.30. The van der Waals surface area contributed by atoms with Crippen molar-refractivity contribution >= 4 is 17.3 Å². The van der Waals surface area contributed by atoms with Crippen LogP contribution in [-0.4, -0.2) is 55.7 Å². The Labute approximate surface area is 163 Å². The van der Waals surface area contributed by atoms with Crippen LogP contribution in [-0.2, 0) is 9.53 Å². The first-order valence-electron chi connectivity index (χ1n) is 10.7. The Hall–Kier alpha value is -1.59. The van der Waals surface area contributed by atoms with E-state index >= 15 is 0 Å². The second kappa shape index (κ2) is 8.61. The van der Waals surface area contributed by atoms with Gasteiger partial charge in [0.05, 0.1) is 19.3 Å². The number of nitrogens with zero attached hydrogens (tertiary/aromatic N) is 2. The van der Waals surface area contributed by atoms with Crippen LogP contribution >= 0.6 is 0 Å². The quantitative estimate of drug-likeness (QED) is 0.879. The van der Waals surface area contributed by atoms with Crippen molar-refractivity contribution < 1.29 is 9.53 Å². The number of anilines is 2. The van der Waals surface area contributed by atoms with Gasteiger partial charge >= 0.3 is 0 Å². The van der Waals surface area contributed by atoms with Crippen LogP contribution in [0.3, 0.4) is 0 Å². The molecule has 5 heteroatoms. The second-order valence-corrected chi connectivity index (χ2v) is 8.28. The van der Waals surface area contributed by atoms with Crippen molar-refractivity contribution in [2.45, 2.75) is 64.0 Å². The number of hydrogen-bond acceptors (Lipinski definition) is 4. The molecule has 1 saturated carbocycles. The van der Waals surface area contributed by atoms with Gasteiger partial charge in [0.1, 0.15) is 0 Å². The van der Waals surface area contributed by atoms with E-state index in [1.54, 1.807) is 0 Å². The molecule has 3 aliphatic rings. The molecule has 1 amide bonds. The number of morpholine rings is 1. The lowest BCUT2D eigenvalue weighted by atomic mass is 9.98. The molecule has 2 saturated heterocycles. The van der Waals surface area contributed by atoms with Crippen LogP contribution in [0.4, 0.5) is 11.4 Å². The van der Waals surface area contributed by atoms with Crippen molar-refractivity contribution in [3.8, 4) is 0 Å². The molecule has 1 aromatic rings. The van der Waals surface area contributed by atoms with Gasteiger partial charge in [0.15, 0.2) is 0 Å². The normalized spacial score (nSPS) is 24.9. The minimum atomic E-state index is 0.0355. The highest BCUT2D eigenvalue weighted by Gasteiger charge is 2.34. The zero-order valence-corrected chi connectivity index (χ0v) is 16.6. The molecule has 1 N–H and O–H groups in total. The molecule has 3 fully saturated rings. The lowest BCUT2D eigenvalue weighted by Gasteiger charge is -2.39. The van der Waals surface area contributed by atoms with Crippen LogP contribution in [0.2, 0.25) is 0 Å². The van der Waals surface area contributed by atoms with Gasteiger partial charge < -0.3 is 15.0 Å². The number of piperidine rings is 1. The van der Waals surface area contributed by atoms with Crippen LogP contribution in [0.25, 0.3) is 0 Å². The van der Waals surface area contributed by atoms with E-state index in [2.05, 4.69) is 40.2 Å². The summed E-state index contributed by atoms with van der Waals surface area (Å²) in [5.74, 6) is 0.184. The number of carbonyl (C=O) groups excluding carboxylic acids is 1. The van der Waals surface area contributed by atoms with Crippen LogP contribution in [0.5, 0.6) is 0 Å². The Bertz CT molecular complexity index is 651. The molecule has 148 valence electrons. The van der Waals surface area contributed by atoms with E-state index in [-0.39, 0.29) is 11.9 Å². The number of ether oxygens (including phenoxy) is 1. The molecule has 0 radical (unpaired) electrons. The molecule has 27 heavy (non-hydrogen) atoms. The van der Waals surface area contributed by atoms with Crippen LogP contribution in [0, 0.1) is 6.92 Å². The summed E-state index contributed by atoms with van der Waals surface area (Å²) in [6, 6.07) is 7.06. The Morgan fingerprint density at radius 3 is 2.56 bits per heavy atom. The number of benzene rings is 1. The van der Waals surface area contributed by atoms with E-state index in [4.69, 9.17) is 4.74 Å². The molecule has 0 aromatic heterocycles. The van der Waals surface area contributed by atoms with E-state index in [0.717, 1.165) is 56.9 Å². The van der Waals surface area contributed by atoms with Crippen LogP contribution in [0.15, 0.2) is 18.2 Å². The van der Waals surface area contributed by atoms with Crippen molar-refractivity contribution in [3.63, 3.8) is 0 Å². The zero-order chi connectivity index (χ0) is 18.6. The van der Waals surface area contributed by atoms with Crippen molar-refractivity contribution in [3.05, 3.63) is 23.8 Å². The minimum Gasteiger partial charge on any atom is -0.378 e. The Morgan fingerprint density at radius 2 is 1.78 bits per heavy atom. The molecule has 0 bridgehead atoms. The van der Waals surface area contributed by atoms with Gasteiger partial charge in [0, 0.05) is 30.5 Å². The van der Waals surface area contributed by atoms with Gasteiger partial charge in [-0.05, 0) is 56.8 Å². The number of amides is 1. The summed E-state index contributed by atoms with van der Waals surface area (Å²) < 4.78 is 5.46. The molecular weight excluding hydrogens is 338 g/mol. The Balaban J connectivity index is 1.47. The van der Waals surface area contributed by atoms with Gasteiger partial charge in [-0.25, -0.2) is 0 Å². The largest absolute Gasteiger partial charge is 0.378 e. The van der Waals surface area contributed by atoms with Gasteiger partial charge in [-0.15, -0.1) is 0 Å². The first-order chi connectivity index (χ1) is 13.2. The standard InChI is InChI=1S/C22H33N3O2/c1-17-9-10-19(24-12-14-27-15-13-24)16-20(17)23-22(26)21-8-4-5-11-25(21)18-6-2-3-7-18/h9-10,16,18,21H,2-8,11-15H2,1H3,(H,23,26). The molecule has 1 aliphatic carbocycles. The number of rotatable bonds is 4. The Morgan fingerprint density at radius 1 is 1.04 bits per heavy atom. The molecule has 1 atom stereocenters. The van der Waals surface area contributed by atoms with Gasteiger partial charge in [-0.3, -0.25) is 9.69 Å². The number of likely N-dealkylation sites (tertiary alicyclic amines) is 1. The van der Waals surface area contributed by atoms with E-state index < -0.39 is 0 Å². The monoisotopic (exact) mass is 371 g/mol. The fourth-order valence-electron chi connectivity index (χ4n) is 4.89. The predicted molar refractivity (Wildman–Crippen MR) is 109 cm³/mol. The number of aryl methyl sites for hydroxylation is 1. The summed E-state index contributed by atoms with van der Waals surface area (Å²) >= 11 is 0. The van der Waals surface area contributed by atoms with Crippen molar-refractivity contribution in [2.75, 3.05) is 43.1 Å². The molecule has 2 aliphatic heterocycles. The Kier molecular flexibility index (Phi) is 5.98. The van der Waals surface area contributed by atoms with Crippen molar-refractivity contribution in [1.82, 2.24) is 4.90 Å². The lowest BCUT2D eigenvalue weighted by Crippen LogP contribution is -2.51. The fraction of sp³-hybridized carbons (Fsp3) is 0.682. The highest BCUT2D eigenvalue weighted by molar-refractivity contribution is 5.96. The average molecular weight is 372 g/mol. The molecule has 2 heterocycles. The number of hydrogen-bond donors (Lipinski definition) is 1. The number of nitrogens with one attached hydrogen (secondary N) is 1. The lowest BCUT2D eigenvalue weighted by molar-refractivity contribution is -0.123. The predicted octanol–water partition coefficient (Wildman–Crippen LogP) is 3.57. The van der Waals surface area contributed by atoms with E-state index in [1.807, 2.05) is 0 Å². The van der Waals surface area contributed by atoms with Gasteiger partial charge in [-0.1, -0.05) is 25.3 Å². The summed E-state index contributed by atoms with van der Waals surface area (Å²) in [5.41, 5.74) is 3.26. The summed E-state index contributed by atoms with van der Waals surface area (Å²) in [5, 5.41) is 3.27. The summed E-state index contributed by atoms with van der Waals surface area (Å²) in [6.07, 6.45) is 8.53. The topological polar surface area (TPSA) is 44.8 Å². The molecule has 5 nitrogen and oxygen atoms in total. The van der Waals surface area contributed by atoms with Gasteiger partial charge in [0.25, 0.3) is 0 Å². The van der Waals surface area contributed by atoms with Crippen molar-refractivity contribution in [2.24, 2.45) is 0 Å². The molecule has 1 unspecified atom stereocenters. The van der Waals surface area contributed by atoms with Gasteiger partial charge in [-0.2, -0.15) is 0 Å². The maximum Gasteiger partial charge on any atom is 0.241 e. The maximum atomic E-state index is 13.2. The molecule has 0 spiro atoms. The fourth-order valence-corrected chi connectivity index (χ4v) is 4.89. The summed E-state index contributed by atoms with van der Waals surface area (Å²) in [6.45, 7) is 6.52. The van der Waals surface area contributed by atoms with Crippen LogP contribution in [0.1, 0.15) is 50.5 Å². The zero-order valence-electron chi connectivity index (χ0n) is 16.6. The molecule has 4 rings (SSSR count). The number of carbonyl (C=O) groups is 1. The van der Waals surface area contributed by atoms with Crippen LogP contribution < -0.4 is 10.2 Å². The average Bonchev–Trinajstić information content (AvgIpc) is 3.25.